The molecule has 0 atom stereocenters. The van der Waals surface area contributed by atoms with Crippen LogP contribution in [0.5, 0.6) is 0 Å². The number of anilines is 2. The number of nitrogen functional groups attached to an aromatic ring is 1. The number of nitrogens with two attached hydrogens (primary N) is 1. The minimum absolute atomic E-state index is 0.174. The third-order valence-electron chi connectivity index (χ3n) is 2.88. The van der Waals surface area contributed by atoms with Crippen LogP contribution in [0.4, 0.5) is 10.8 Å². The van der Waals surface area contributed by atoms with Crippen molar-refractivity contribution in [3.63, 3.8) is 0 Å². The Morgan fingerprint density at radius 2 is 2.00 bits per heavy atom. The average molecular weight is 296 g/mol. The standard InChI is InChI=1S/C15H12N4OS/c16-15-19-13(9-21-15)10-3-5-11(6-4-10)14(20)18-12-2-1-7-17-8-12/h1-9H,(H2,16,19)(H,18,20). The van der Waals surface area contributed by atoms with Crippen LogP contribution in [0.2, 0.25) is 0 Å². The van der Waals surface area contributed by atoms with Crippen molar-refractivity contribution in [3.05, 3.63) is 59.7 Å². The van der Waals surface area contributed by atoms with Gasteiger partial charge in [-0.3, -0.25) is 9.78 Å². The molecule has 104 valence electrons. The lowest BCUT2D eigenvalue weighted by Gasteiger charge is -2.05. The fraction of sp³-hybridized carbons (Fsp3) is 0. The molecular formula is C15H12N4OS. The molecule has 0 bridgehead atoms. The van der Waals surface area contributed by atoms with E-state index in [9.17, 15) is 4.79 Å². The van der Waals surface area contributed by atoms with E-state index in [0.29, 0.717) is 16.4 Å². The van der Waals surface area contributed by atoms with Crippen molar-refractivity contribution >= 4 is 28.1 Å². The Morgan fingerprint density at radius 3 is 2.62 bits per heavy atom. The quantitative estimate of drug-likeness (QED) is 0.778. The van der Waals surface area contributed by atoms with Crippen molar-refractivity contribution < 1.29 is 4.79 Å². The molecule has 0 fully saturated rings. The predicted octanol–water partition coefficient (Wildman–Crippen LogP) is 3.04. The lowest BCUT2D eigenvalue weighted by molar-refractivity contribution is 0.102. The molecule has 0 aliphatic rings. The largest absolute Gasteiger partial charge is 0.375 e. The normalized spacial score (nSPS) is 10.3. The highest BCUT2D eigenvalue weighted by atomic mass is 32.1. The molecule has 0 saturated carbocycles. The molecular weight excluding hydrogens is 284 g/mol. The van der Waals surface area contributed by atoms with E-state index in [4.69, 9.17) is 5.73 Å². The first-order valence-corrected chi connectivity index (χ1v) is 7.13. The minimum atomic E-state index is -0.174. The summed E-state index contributed by atoms with van der Waals surface area (Å²) >= 11 is 1.39. The number of carbonyl (C=O) groups is 1. The number of nitrogens with zero attached hydrogens (tertiary/aromatic N) is 2. The number of hydrogen-bond donors (Lipinski definition) is 2. The molecule has 0 aliphatic heterocycles. The Balaban J connectivity index is 1.76. The maximum absolute atomic E-state index is 12.1. The number of carbonyl (C=O) groups excluding carboxylic acids is 1. The van der Waals surface area contributed by atoms with E-state index in [2.05, 4.69) is 15.3 Å². The fourth-order valence-electron chi connectivity index (χ4n) is 1.85. The van der Waals surface area contributed by atoms with E-state index < -0.39 is 0 Å². The molecule has 3 aromatic rings. The van der Waals surface area contributed by atoms with Gasteiger partial charge in [-0.25, -0.2) is 4.98 Å². The van der Waals surface area contributed by atoms with Crippen molar-refractivity contribution in [3.8, 4) is 11.3 Å². The Kier molecular flexibility index (Phi) is 3.61. The van der Waals surface area contributed by atoms with Crippen molar-refractivity contribution in [2.75, 3.05) is 11.1 Å². The van der Waals surface area contributed by atoms with Gasteiger partial charge in [-0.15, -0.1) is 11.3 Å². The fourth-order valence-corrected chi connectivity index (χ4v) is 2.42. The monoisotopic (exact) mass is 296 g/mol. The van der Waals surface area contributed by atoms with Gasteiger partial charge in [0.05, 0.1) is 17.6 Å². The zero-order chi connectivity index (χ0) is 14.7. The van der Waals surface area contributed by atoms with E-state index in [1.165, 1.54) is 11.3 Å². The minimum Gasteiger partial charge on any atom is -0.375 e. The number of benzene rings is 1. The highest BCUT2D eigenvalue weighted by molar-refractivity contribution is 7.13. The van der Waals surface area contributed by atoms with Gasteiger partial charge in [0.15, 0.2) is 5.13 Å². The lowest BCUT2D eigenvalue weighted by atomic mass is 10.1. The first-order valence-electron chi connectivity index (χ1n) is 6.25. The van der Waals surface area contributed by atoms with E-state index >= 15 is 0 Å². The number of aromatic nitrogens is 2. The Labute approximate surface area is 125 Å². The summed E-state index contributed by atoms with van der Waals surface area (Å²) < 4.78 is 0. The second-order valence-electron chi connectivity index (χ2n) is 4.34. The van der Waals surface area contributed by atoms with Gasteiger partial charge in [-0.05, 0) is 24.3 Å². The van der Waals surface area contributed by atoms with Crippen LogP contribution in [-0.4, -0.2) is 15.9 Å². The van der Waals surface area contributed by atoms with Crippen LogP contribution in [0.1, 0.15) is 10.4 Å². The van der Waals surface area contributed by atoms with E-state index in [1.807, 2.05) is 17.5 Å². The van der Waals surface area contributed by atoms with Crippen molar-refractivity contribution in [1.82, 2.24) is 9.97 Å². The van der Waals surface area contributed by atoms with Gasteiger partial charge < -0.3 is 11.1 Å². The topological polar surface area (TPSA) is 80.9 Å². The molecule has 0 unspecified atom stereocenters. The van der Waals surface area contributed by atoms with Gasteiger partial charge in [0.1, 0.15) is 0 Å². The van der Waals surface area contributed by atoms with Gasteiger partial charge in [0, 0.05) is 22.7 Å². The predicted molar refractivity (Wildman–Crippen MR) is 84.2 cm³/mol. The molecule has 3 rings (SSSR count). The summed E-state index contributed by atoms with van der Waals surface area (Å²) in [7, 11) is 0. The molecule has 2 heterocycles. The number of nitrogens with one attached hydrogen (secondary N) is 1. The van der Waals surface area contributed by atoms with Crippen LogP contribution in [-0.2, 0) is 0 Å². The first-order chi connectivity index (χ1) is 10.2. The SMILES string of the molecule is Nc1nc(-c2ccc(C(=O)Nc3cccnc3)cc2)cs1. The molecule has 3 N–H and O–H groups in total. The summed E-state index contributed by atoms with van der Waals surface area (Å²) in [6.07, 6.45) is 3.26. The maximum Gasteiger partial charge on any atom is 0.255 e. The molecule has 1 aromatic carbocycles. The molecule has 2 aromatic heterocycles. The number of rotatable bonds is 3. The van der Waals surface area contributed by atoms with Crippen LogP contribution in [0.25, 0.3) is 11.3 Å². The van der Waals surface area contributed by atoms with Crippen LogP contribution < -0.4 is 11.1 Å². The van der Waals surface area contributed by atoms with Crippen molar-refractivity contribution in [1.29, 1.82) is 0 Å². The molecule has 1 amide bonds. The summed E-state index contributed by atoms with van der Waals surface area (Å²) in [6, 6.07) is 10.8. The van der Waals surface area contributed by atoms with E-state index in [1.54, 1.807) is 36.7 Å². The average Bonchev–Trinajstić information content (AvgIpc) is 2.95. The molecule has 0 aliphatic carbocycles. The Morgan fingerprint density at radius 1 is 1.19 bits per heavy atom. The van der Waals surface area contributed by atoms with Gasteiger partial charge in [-0.1, -0.05) is 12.1 Å². The van der Waals surface area contributed by atoms with Gasteiger partial charge >= 0.3 is 0 Å². The van der Waals surface area contributed by atoms with E-state index in [-0.39, 0.29) is 5.91 Å². The molecule has 0 spiro atoms. The van der Waals surface area contributed by atoms with Gasteiger partial charge in [0.25, 0.3) is 5.91 Å². The number of hydrogen-bond acceptors (Lipinski definition) is 5. The Bertz CT molecular complexity index is 753. The van der Waals surface area contributed by atoms with Crippen LogP contribution >= 0.6 is 11.3 Å². The molecule has 0 radical (unpaired) electrons. The highest BCUT2D eigenvalue weighted by Crippen LogP contribution is 2.23. The summed E-state index contributed by atoms with van der Waals surface area (Å²) in [5, 5.41) is 5.21. The maximum atomic E-state index is 12.1. The molecule has 0 saturated heterocycles. The lowest BCUT2D eigenvalue weighted by Crippen LogP contribution is -2.11. The molecule has 5 nitrogen and oxygen atoms in total. The highest BCUT2D eigenvalue weighted by Gasteiger charge is 2.07. The van der Waals surface area contributed by atoms with Crippen LogP contribution in [0.3, 0.4) is 0 Å². The van der Waals surface area contributed by atoms with Gasteiger partial charge in [0.2, 0.25) is 0 Å². The Hall–Kier alpha value is -2.73. The van der Waals surface area contributed by atoms with E-state index in [0.717, 1.165) is 11.3 Å². The van der Waals surface area contributed by atoms with Gasteiger partial charge in [-0.2, -0.15) is 0 Å². The third kappa shape index (κ3) is 3.06. The summed E-state index contributed by atoms with van der Waals surface area (Å²) in [5.41, 5.74) is 8.61. The molecule has 21 heavy (non-hydrogen) atoms. The zero-order valence-electron chi connectivity index (χ0n) is 11.0. The molecule has 6 heteroatoms. The van der Waals surface area contributed by atoms with Crippen LogP contribution in [0, 0.1) is 0 Å². The third-order valence-corrected chi connectivity index (χ3v) is 3.56. The summed E-state index contributed by atoms with van der Waals surface area (Å²) in [6.45, 7) is 0. The smallest absolute Gasteiger partial charge is 0.255 e. The van der Waals surface area contributed by atoms with Crippen LogP contribution in [0.15, 0.2) is 54.2 Å². The van der Waals surface area contributed by atoms with Crippen molar-refractivity contribution in [2.45, 2.75) is 0 Å². The second-order valence-corrected chi connectivity index (χ2v) is 5.23. The second kappa shape index (κ2) is 5.72. The summed E-state index contributed by atoms with van der Waals surface area (Å²) in [5.74, 6) is -0.174. The number of thiazole rings is 1. The number of amides is 1. The summed E-state index contributed by atoms with van der Waals surface area (Å²) in [4.78, 5) is 20.3. The van der Waals surface area contributed by atoms with Crippen molar-refractivity contribution in [2.24, 2.45) is 0 Å². The zero-order valence-corrected chi connectivity index (χ0v) is 11.8. The first kappa shape index (κ1) is 13.3. The number of pyridine rings is 1.